The van der Waals surface area contributed by atoms with Gasteiger partial charge in [-0.3, -0.25) is 4.79 Å². The van der Waals surface area contributed by atoms with Gasteiger partial charge < -0.3 is 16.0 Å². The lowest BCUT2D eigenvalue weighted by Crippen LogP contribution is -2.24. The molecule has 4 N–H and O–H groups in total. The highest BCUT2D eigenvalue weighted by Gasteiger charge is 2.10. The van der Waals surface area contributed by atoms with E-state index in [0.717, 1.165) is 5.56 Å². The Kier molecular flexibility index (Phi) is 3.09. The largest absolute Gasteiger partial charge is 0.398 e. The smallest absolute Gasteiger partial charge is 0.253 e. The zero-order chi connectivity index (χ0) is 12.3. The second-order valence-corrected chi connectivity index (χ2v) is 3.75. The van der Waals surface area contributed by atoms with Crippen LogP contribution in [0.4, 0.5) is 5.69 Å². The molecule has 1 amide bonds. The van der Waals surface area contributed by atoms with Crippen molar-refractivity contribution in [1.82, 2.24) is 15.3 Å². The molecular formula is C12H14N4O. The van der Waals surface area contributed by atoms with Gasteiger partial charge in [0.1, 0.15) is 5.82 Å². The van der Waals surface area contributed by atoms with Crippen LogP contribution in [0.2, 0.25) is 0 Å². The van der Waals surface area contributed by atoms with Gasteiger partial charge in [0.25, 0.3) is 5.91 Å². The quantitative estimate of drug-likeness (QED) is 0.693. The molecule has 0 saturated carbocycles. The molecule has 2 aromatic rings. The summed E-state index contributed by atoms with van der Waals surface area (Å²) in [7, 11) is 0. The lowest BCUT2D eigenvalue weighted by Gasteiger charge is -2.08. The Balaban J connectivity index is 2.07. The van der Waals surface area contributed by atoms with E-state index in [4.69, 9.17) is 5.73 Å². The van der Waals surface area contributed by atoms with Gasteiger partial charge in [-0.05, 0) is 18.6 Å². The van der Waals surface area contributed by atoms with E-state index in [9.17, 15) is 4.79 Å². The third kappa shape index (κ3) is 2.44. The van der Waals surface area contributed by atoms with Crippen molar-refractivity contribution in [1.29, 1.82) is 0 Å². The van der Waals surface area contributed by atoms with E-state index in [1.807, 2.05) is 19.1 Å². The molecule has 17 heavy (non-hydrogen) atoms. The van der Waals surface area contributed by atoms with Crippen molar-refractivity contribution >= 4 is 11.6 Å². The Morgan fingerprint density at radius 2 is 2.35 bits per heavy atom. The van der Waals surface area contributed by atoms with E-state index in [0.29, 0.717) is 23.6 Å². The lowest BCUT2D eigenvalue weighted by atomic mass is 10.1. The molecule has 88 valence electrons. The third-order valence-electron chi connectivity index (χ3n) is 2.54. The van der Waals surface area contributed by atoms with E-state index in [-0.39, 0.29) is 5.91 Å². The normalized spacial score (nSPS) is 10.2. The predicted molar refractivity (Wildman–Crippen MR) is 65.3 cm³/mol. The van der Waals surface area contributed by atoms with Crippen molar-refractivity contribution < 1.29 is 4.79 Å². The summed E-state index contributed by atoms with van der Waals surface area (Å²) in [6, 6.07) is 5.39. The number of benzene rings is 1. The first-order chi connectivity index (χ1) is 8.18. The average Bonchev–Trinajstić information content (AvgIpc) is 2.82. The molecule has 5 nitrogen and oxygen atoms in total. The summed E-state index contributed by atoms with van der Waals surface area (Å²) in [5, 5.41) is 2.76. The van der Waals surface area contributed by atoms with Gasteiger partial charge in [-0.2, -0.15) is 0 Å². The minimum Gasteiger partial charge on any atom is -0.398 e. The molecule has 2 rings (SSSR count). The SMILES string of the molecule is Cc1cccc(C(=O)NCc2ncc[nH]2)c1N. The number of aromatic nitrogens is 2. The number of H-pyrrole nitrogens is 1. The molecule has 5 heteroatoms. The van der Waals surface area contributed by atoms with Gasteiger partial charge >= 0.3 is 0 Å². The number of para-hydroxylation sites is 1. The maximum absolute atomic E-state index is 11.9. The van der Waals surface area contributed by atoms with Crippen molar-refractivity contribution in [2.45, 2.75) is 13.5 Å². The molecule has 0 unspecified atom stereocenters. The van der Waals surface area contributed by atoms with Gasteiger partial charge in [-0.25, -0.2) is 4.98 Å². The van der Waals surface area contributed by atoms with Gasteiger partial charge in [0, 0.05) is 18.1 Å². The number of aromatic amines is 1. The molecule has 0 aliphatic rings. The zero-order valence-electron chi connectivity index (χ0n) is 9.53. The van der Waals surface area contributed by atoms with Gasteiger partial charge in [-0.15, -0.1) is 0 Å². The van der Waals surface area contributed by atoms with E-state index in [1.54, 1.807) is 18.5 Å². The van der Waals surface area contributed by atoms with Crippen LogP contribution in [0.15, 0.2) is 30.6 Å². The minimum absolute atomic E-state index is 0.192. The number of imidazole rings is 1. The van der Waals surface area contributed by atoms with Crippen molar-refractivity contribution in [3.05, 3.63) is 47.5 Å². The number of nitrogens with one attached hydrogen (secondary N) is 2. The second-order valence-electron chi connectivity index (χ2n) is 3.75. The summed E-state index contributed by atoms with van der Waals surface area (Å²) in [5.41, 5.74) is 7.76. The summed E-state index contributed by atoms with van der Waals surface area (Å²) in [6.07, 6.45) is 3.35. The van der Waals surface area contributed by atoms with Crippen LogP contribution in [0.5, 0.6) is 0 Å². The number of aryl methyl sites for hydroxylation is 1. The number of nitrogens with two attached hydrogens (primary N) is 1. The third-order valence-corrected chi connectivity index (χ3v) is 2.54. The summed E-state index contributed by atoms with van der Waals surface area (Å²) in [6.45, 7) is 2.23. The number of anilines is 1. The maximum atomic E-state index is 11.9. The Labute approximate surface area is 99.1 Å². The number of rotatable bonds is 3. The highest BCUT2D eigenvalue weighted by atomic mass is 16.1. The molecule has 0 bridgehead atoms. The summed E-state index contributed by atoms with van der Waals surface area (Å²) >= 11 is 0. The molecule has 0 fully saturated rings. The van der Waals surface area contributed by atoms with Crippen molar-refractivity contribution in [2.75, 3.05) is 5.73 Å². The highest BCUT2D eigenvalue weighted by molar-refractivity contribution is 5.99. The molecule has 1 aromatic carbocycles. The summed E-state index contributed by atoms with van der Waals surface area (Å²) < 4.78 is 0. The van der Waals surface area contributed by atoms with E-state index < -0.39 is 0 Å². The first-order valence-corrected chi connectivity index (χ1v) is 5.30. The Bertz CT molecular complexity index is 519. The first-order valence-electron chi connectivity index (χ1n) is 5.30. The van der Waals surface area contributed by atoms with Gasteiger partial charge in [0.05, 0.1) is 12.1 Å². The fraction of sp³-hybridized carbons (Fsp3) is 0.167. The van der Waals surface area contributed by atoms with Crippen LogP contribution in [0.25, 0.3) is 0 Å². The maximum Gasteiger partial charge on any atom is 0.253 e. The fourth-order valence-electron chi connectivity index (χ4n) is 1.53. The van der Waals surface area contributed by atoms with Crippen molar-refractivity contribution in [3.63, 3.8) is 0 Å². The van der Waals surface area contributed by atoms with Crippen LogP contribution in [-0.2, 0) is 6.54 Å². The molecule has 0 aliphatic carbocycles. The zero-order valence-corrected chi connectivity index (χ0v) is 9.53. The number of nitrogens with zero attached hydrogens (tertiary/aromatic N) is 1. The van der Waals surface area contributed by atoms with Crippen LogP contribution < -0.4 is 11.1 Å². The number of nitrogen functional groups attached to an aromatic ring is 1. The van der Waals surface area contributed by atoms with E-state index in [1.165, 1.54) is 0 Å². The Morgan fingerprint density at radius 3 is 3.06 bits per heavy atom. The molecule has 0 saturated heterocycles. The fourth-order valence-corrected chi connectivity index (χ4v) is 1.53. The van der Waals surface area contributed by atoms with Crippen molar-refractivity contribution in [3.8, 4) is 0 Å². The Hall–Kier alpha value is -2.30. The Morgan fingerprint density at radius 1 is 1.53 bits per heavy atom. The standard InChI is InChI=1S/C12H14N4O/c1-8-3-2-4-9(11(8)13)12(17)16-7-10-14-5-6-15-10/h2-6H,7,13H2,1H3,(H,14,15)(H,16,17). The monoisotopic (exact) mass is 230 g/mol. The highest BCUT2D eigenvalue weighted by Crippen LogP contribution is 2.16. The molecule has 0 aliphatic heterocycles. The van der Waals surface area contributed by atoms with Crippen LogP contribution in [-0.4, -0.2) is 15.9 Å². The van der Waals surface area contributed by atoms with E-state index >= 15 is 0 Å². The topological polar surface area (TPSA) is 83.8 Å². The number of carbonyl (C=O) groups excluding carboxylic acids is 1. The molecule has 1 heterocycles. The van der Waals surface area contributed by atoms with Crippen LogP contribution in [0, 0.1) is 6.92 Å². The van der Waals surface area contributed by atoms with Crippen LogP contribution in [0.1, 0.15) is 21.7 Å². The predicted octanol–water partition coefficient (Wildman–Crippen LogP) is 1.23. The first kappa shape index (κ1) is 11.2. The number of carbonyl (C=O) groups is 1. The molecule has 0 spiro atoms. The molecular weight excluding hydrogens is 216 g/mol. The summed E-state index contributed by atoms with van der Waals surface area (Å²) in [5.74, 6) is 0.521. The number of amides is 1. The van der Waals surface area contributed by atoms with E-state index in [2.05, 4.69) is 15.3 Å². The molecule has 0 atom stereocenters. The second kappa shape index (κ2) is 4.69. The lowest BCUT2D eigenvalue weighted by molar-refractivity contribution is 0.0951. The van der Waals surface area contributed by atoms with Crippen LogP contribution in [0.3, 0.4) is 0 Å². The average molecular weight is 230 g/mol. The summed E-state index contributed by atoms with van der Waals surface area (Å²) in [4.78, 5) is 18.8. The van der Waals surface area contributed by atoms with Gasteiger partial charge in [0.2, 0.25) is 0 Å². The molecule has 1 aromatic heterocycles. The van der Waals surface area contributed by atoms with Crippen molar-refractivity contribution in [2.24, 2.45) is 0 Å². The van der Waals surface area contributed by atoms with Gasteiger partial charge in [-0.1, -0.05) is 12.1 Å². The van der Waals surface area contributed by atoms with Gasteiger partial charge in [0.15, 0.2) is 0 Å². The minimum atomic E-state index is -0.192. The number of hydrogen-bond acceptors (Lipinski definition) is 3. The molecule has 0 radical (unpaired) electrons. The van der Waals surface area contributed by atoms with Crippen LogP contribution >= 0.6 is 0 Å². The number of hydrogen-bond donors (Lipinski definition) is 3.